The Bertz CT molecular complexity index is 996. The first-order chi connectivity index (χ1) is 13.6. The largest absolute Gasteiger partial charge is 0.346 e. The number of carbonyl (C=O) groups excluding carboxylic acids is 2. The van der Waals surface area contributed by atoms with E-state index >= 15 is 0 Å². The molecule has 0 bridgehead atoms. The molecule has 2 aliphatic rings. The van der Waals surface area contributed by atoms with Gasteiger partial charge in [0.05, 0.1) is 12.1 Å². The van der Waals surface area contributed by atoms with E-state index in [4.69, 9.17) is 5.26 Å². The highest BCUT2D eigenvalue weighted by Gasteiger charge is 2.30. The van der Waals surface area contributed by atoms with Crippen LogP contribution in [-0.4, -0.2) is 39.3 Å². The van der Waals surface area contributed by atoms with Gasteiger partial charge in [-0.2, -0.15) is 5.26 Å². The number of rotatable bonds is 5. The van der Waals surface area contributed by atoms with Gasteiger partial charge in [-0.3, -0.25) is 9.59 Å². The molecule has 2 amide bonds. The maximum Gasteiger partial charge on any atom is 0.237 e. The summed E-state index contributed by atoms with van der Waals surface area (Å²) in [7, 11) is 0. The molecule has 2 N–H and O–H groups in total. The van der Waals surface area contributed by atoms with Crippen molar-refractivity contribution in [1.82, 2.24) is 14.9 Å². The van der Waals surface area contributed by atoms with E-state index in [2.05, 4.69) is 21.4 Å². The number of nitrogens with zero attached hydrogens (tertiary/aromatic N) is 3. The second-order valence-electron chi connectivity index (χ2n) is 7.40. The topological polar surface area (TPSA) is 102 Å². The molecule has 144 valence electrons. The molecule has 7 heteroatoms. The fourth-order valence-corrected chi connectivity index (χ4v) is 3.79. The van der Waals surface area contributed by atoms with Crippen LogP contribution in [0.25, 0.3) is 16.6 Å². The number of aromatic nitrogens is 2. The van der Waals surface area contributed by atoms with Crippen molar-refractivity contribution in [3.05, 3.63) is 30.0 Å². The highest BCUT2D eigenvalue weighted by Crippen LogP contribution is 2.34. The zero-order chi connectivity index (χ0) is 19.7. The van der Waals surface area contributed by atoms with Gasteiger partial charge in [0.2, 0.25) is 11.8 Å². The van der Waals surface area contributed by atoms with Gasteiger partial charge in [0.15, 0.2) is 0 Å². The van der Waals surface area contributed by atoms with Crippen LogP contribution in [0.15, 0.2) is 24.4 Å². The molecular weight excluding hydrogens is 354 g/mol. The maximum atomic E-state index is 12.2. The van der Waals surface area contributed by atoms with Gasteiger partial charge in [-0.1, -0.05) is 13.0 Å². The molecular formula is C21H23N5O2. The lowest BCUT2D eigenvalue weighted by Gasteiger charge is -2.34. The number of anilines is 1. The van der Waals surface area contributed by atoms with Gasteiger partial charge in [-0.05, 0) is 49.0 Å². The molecule has 2 aromatic rings. The van der Waals surface area contributed by atoms with Gasteiger partial charge < -0.3 is 15.2 Å². The van der Waals surface area contributed by atoms with Crippen LogP contribution in [0.3, 0.4) is 0 Å². The summed E-state index contributed by atoms with van der Waals surface area (Å²) in [5.74, 6) is 0.576. The van der Waals surface area contributed by atoms with Crippen molar-refractivity contribution < 1.29 is 9.59 Å². The van der Waals surface area contributed by atoms with E-state index in [9.17, 15) is 9.59 Å². The van der Waals surface area contributed by atoms with Gasteiger partial charge >= 0.3 is 0 Å². The van der Waals surface area contributed by atoms with Gasteiger partial charge in [-0.15, -0.1) is 0 Å². The Morgan fingerprint density at radius 1 is 1.43 bits per heavy atom. The monoisotopic (exact) mass is 377 g/mol. The van der Waals surface area contributed by atoms with Crippen molar-refractivity contribution in [2.45, 2.75) is 45.1 Å². The molecule has 1 saturated carbocycles. The Kier molecular flexibility index (Phi) is 4.86. The van der Waals surface area contributed by atoms with Crippen LogP contribution < -0.4 is 5.32 Å². The molecule has 0 saturated heterocycles. The molecule has 1 aliphatic carbocycles. The fourth-order valence-electron chi connectivity index (χ4n) is 3.79. The first kappa shape index (κ1) is 18.2. The minimum Gasteiger partial charge on any atom is -0.346 e. The van der Waals surface area contributed by atoms with Gasteiger partial charge in [0, 0.05) is 24.0 Å². The van der Waals surface area contributed by atoms with Crippen LogP contribution in [0, 0.1) is 17.2 Å². The third-order valence-corrected chi connectivity index (χ3v) is 5.46. The fraction of sp³-hybridized carbons (Fsp3) is 0.429. The first-order valence-corrected chi connectivity index (χ1v) is 9.77. The number of pyridine rings is 1. The minimum absolute atomic E-state index is 0.0293. The zero-order valence-electron chi connectivity index (χ0n) is 15.9. The van der Waals surface area contributed by atoms with E-state index in [1.807, 2.05) is 31.3 Å². The van der Waals surface area contributed by atoms with Crippen molar-refractivity contribution in [3.63, 3.8) is 0 Å². The Labute approximate surface area is 163 Å². The maximum absolute atomic E-state index is 12.2. The number of hydrogen-bond donors (Lipinski definition) is 2. The van der Waals surface area contributed by atoms with Crippen molar-refractivity contribution in [2.75, 3.05) is 11.9 Å². The number of fused-ring (bicyclic) bond motifs is 1. The number of aromatic amines is 1. The number of carbonyl (C=O) groups is 2. The first-order valence-electron chi connectivity index (χ1n) is 9.77. The molecule has 4 rings (SSSR count). The summed E-state index contributed by atoms with van der Waals surface area (Å²) < 4.78 is 0. The molecule has 0 spiro atoms. The van der Waals surface area contributed by atoms with E-state index in [1.165, 1.54) is 0 Å². The lowest BCUT2D eigenvalue weighted by molar-refractivity contribution is -0.131. The van der Waals surface area contributed by atoms with E-state index in [1.54, 1.807) is 4.90 Å². The number of nitriles is 1. The molecule has 1 unspecified atom stereocenters. The third kappa shape index (κ3) is 3.50. The molecule has 1 atom stereocenters. The summed E-state index contributed by atoms with van der Waals surface area (Å²) in [6.45, 7) is 2.62. The SMILES string of the molecule is CCC1C=C(c2cc(NC(=O)C3CC3)nc3[nH]ccc23)CCN1C(=O)CC#N. The highest BCUT2D eigenvalue weighted by molar-refractivity contribution is 5.97. The van der Waals surface area contributed by atoms with Crippen molar-refractivity contribution >= 4 is 34.2 Å². The van der Waals surface area contributed by atoms with Crippen LogP contribution in [-0.2, 0) is 9.59 Å². The second-order valence-corrected chi connectivity index (χ2v) is 7.40. The number of hydrogen-bond acceptors (Lipinski definition) is 4. The van der Waals surface area contributed by atoms with Crippen LogP contribution in [0.5, 0.6) is 0 Å². The summed E-state index contributed by atoms with van der Waals surface area (Å²) in [5, 5.41) is 12.8. The van der Waals surface area contributed by atoms with Gasteiger partial charge in [0.1, 0.15) is 17.9 Å². The van der Waals surface area contributed by atoms with E-state index in [0.29, 0.717) is 18.8 Å². The van der Waals surface area contributed by atoms with Gasteiger partial charge in [0.25, 0.3) is 0 Å². The molecule has 7 nitrogen and oxygen atoms in total. The van der Waals surface area contributed by atoms with Crippen LogP contribution >= 0.6 is 0 Å². The lowest BCUT2D eigenvalue weighted by Crippen LogP contribution is -2.41. The van der Waals surface area contributed by atoms with Crippen LogP contribution in [0.1, 0.15) is 44.6 Å². The molecule has 3 heterocycles. The van der Waals surface area contributed by atoms with Crippen molar-refractivity contribution in [2.24, 2.45) is 5.92 Å². The second kappa shape index (κ2) is 7.47. The minimum atomic E-state index is -0.122. The standard InChI is InChI=1S/C21H23N5O2/c1-2-15-11-14(7-10-26(15)19(27)5-8-22)17-12-18(25-21(28)13-3-4-13)24-20-16(17)6-9-23-20/h6,9,11-13,15H,2-5,7,10H2,1H3,(H2,23,24,25,28). The van der Waals surface area contributed by atoms with Gasteiger partial charge in [-0.25, -0.2) is 4.98 Å². The smallest absolute Gasteiger partial charge is 0.237 e. The Hall–Kier alpha value is -3.14. The Morgan fingerprint density at radius 2 is 2.25 bits per heavy atom. The summed E-state index contributed by atoms with van der Waals surface area (Å²) in [6, 6.07) is 5.83. The average Bonchev–Trinajstić information content (AvgIpc) is 3.45. The molecule has 1 aliphatic heterocycles. The zero-order valence-corrected chi connectivity index (χ0v) is 15.9. The molecule has 0 radical (unpaired) electrons. The number of amides is 2. The molecule has 0 aromatic carbocycles. The van der Waals surface area contributed by atoms with Crippen LogP contribution in [0.4, 0.5) is 5.82 Å². The molecule has 28 heavy (non-hydrogen) atoms. The van der Waals surface area contributed by atoms with Crippen LogP contribution in [0.2, 0.25) is 0 Å². The Morgan fingerprint density at radius 3 is 2.96 bits per heavy atom. The quantitative estimate of drug-likeness (QED) is 0.835. The average molecular weight is 377 g/mol. The Balaban J connectivity index is 1.67. The molecule has 1 fully saturated rings. The van der Waals surface area contributed by atoms with E-state index in [0.717, 1.165) is 41.4 Å². The third-order valence-electron chi connectivity index (χ3n) is 5.46. The predicted octanol–water partition coefficient (Wildman–Crippen LogP) is 3.22. The molecule has 2 aromatic heterocycles. The number of H-pyrrole nitrogens is 1. The summed E-state index contributed by atoms with van der Waals surface area (Å²) in [5.41, 5.74) is 2.91. The number of nitrogens with one attached hydrogen (secondary N) is 2. The van der Waals surface area contributed by atoms with E-state index in [-0.39, 0.29) is 30.2 Å². The lowest BCUT2D eigenvalue weighted by atomic mass is 9.93. The predicted molar refractivity (Wildman–Crippen MR) is 106 cm³/mol. The summed E-state index contributed by atoms with van der Waals surface area (Å²) >= 11 is 0. The van der Waals surface area contributed by atoms with Crippen molar-refractivity contribution in [1.29, 1.82) is 5.26 Å². The summed E-state index contributed by atoms with van der Waals surface area (Å²) in [4.78, 5) is 33.9. The summed E-state index contributed by atoms with van der Waals surface area (Å²) in [6.07, 6.45) is 7.25. The highest BCUT2D eigenvalue weighted by atomic mass is 16.2. The normalized spacial score (nSPS) is 19.2. The van der Waals surface area contributed by atoms with Crippen molar-refractivity contribution in [3.8, 4) is 6.07 Å². The van der Waals surface area contributed by atoms with E-state index < -0.39 is 0 Å².